The first-order valence-corrected chi connectivity index (χ1v) is 13.3. The van der Waals surface area contributed by atoms with Gasteiger partial charge in [-0.2, -0.15) is 0 Å². The zero-order valence-corrected chi connectivity index (χ0v) is 25.1. The number of amides is 3. The van der Waals surface area contributed by atoms with Crippen LogP contribution in [0.3, 0.4) is 0 Å². The topological polar surface area (TPSA) is 114 Å². The van der Waals surface area contributed by atoms with Crippen LogP contribution in [0.2, 0.25) is 0 Å². The van der Waals surface area contributed by atoms with Gasteiger partial charge in [-0.15, -0.1) is 0 Å². The van der Waals surface area contributed by atoms with Crippen molar-refractivity contribution in [2.24, 2.45) is 0 Å². The number of alkyl carbamates (subject to hydrolysis) is 1. The molecule has 9 nitrogen and oxygen atoms in total. The van der Waals surface area contributed by atoms with Gasteiger partial charge in [-0.3, -0.25) is 14.4 Å². The minimum atomic E-state index is -1.10. The Morgan fingerprint density at radius 3 is 2.08 bits per heavy atom. The van der Waals surface area contributed by atoms with Gasteiger partial charge in [0.15, 0.2) is 0 Å². The fourth-order valence-corrected chi connectivity index (χ4v) is 4.37. The lowest BCUT2D eigenvalue weighted by atomic mass is 9.91. The molecule has 0 aliphatic heterocycles. The monoisotopic (exact) mass is 553 g/mol. The maximum absolute atomic E-state index is 14.5. The summed E-state index contributed by atoms with van der Waals surface area (Å²) in [4.78, 5) is 54.4. The van der Waals surface area contributed by atoms with Gasteiger partial charge in [0.1, 0.15) is 24.2 Å². The number of aryl methyl sites for hydroxylation is 2. The summed E-state index contributed by atoms with van der Waals surface area (Å²) in [5, 5.41) is 5.37. The lowest BCUT2D eigenvalue weighted by molar-refractivity contribution is -0.149. The third-order valence-electron chi connectivity index (χ3n) is 6.09. The summed E-state index contributed by atoms with van der Waals surface area (Å²) in [6, 6.07) is 12.8. The van der Waals surface area contributed by atoms with Crippen molar-refractivity contribution in [3.8, 4) is 0 Å². The van der Waals surface area contributed by atoms with Crippen molar-refractivity contribution in [1.29, 1.82) is 0 Å². The summed E-state index contributed by atoms with van der Waals surface area (Å²) < 4.78 is 10.2. The van der Waals surface area contributed by atoms with Gasteiger partial charge in [-0.05, 0) is 72.1 Å². The van der Waals surface area contributed by atoms with Crippen LogP contribution in [0.25, 0.3) is 0 Å². The molecule has 40 heavy (non-hydrogen) atoms. The lowest BCUT2D eigenvalue weighted by Gasteiger charge is -2.43. The molecule has 0 aliphatic carbocycles. The highest BCUT2D eigenvalue weighted by Gasteiger charge is 2.42. The van der Waals surface area contributed by atoms with E-state index in [1.54, 1.807) is 20.8 Å². The van der Waals surface area contributed by atoms with Crippen LogP contribution in [0.1, 0.15) is 69.8 Å². The van der Waals surface area contributed by atoms with Gasteiger partial charge in [0.25, 0.3) is 0 Å². The Bertz CT molecular complexity index is 1200. The van der Waals surface area contributed by atoms with Crippen molar-refractivity contribution in [2.45, 2.75) is 85.0 Å². The molecule has 0 fully saturated rings. The SMILES string of the molecule is COC(=O)CNC(=O)C(c1ccc(C)cc1C)N(C(=O)C(Cc1ccccc1)NC(=O)OC(C)(C)C)C(C)(C)C. The Hall–Kier alpha value is -3.88. The number of hydrogen-bond donors (Lipinski definition) is 2. The molecule has 0 radical (unpaired) electrons. The van der Waals surface area contributed by atoms with Gasteiger partial charge < -0.3 is 25.0 Å². The van der Waals surface area contributed by atoms with Crippen LogP contribution in [0.5, 0.6) is 0 Å². The molecule has 0 saturated carbocycles. The summed E-state index contributed by atoms with van der Waals surface area (Å²) in [6.07, 6.45) is -0.566. The Kier molecular flexibility index (Phi) is 10.9. The van der Waals surface area contributed by atoms with Crippen molar-refractivity contribution in [2.75, 3.05) is 13.7 Å². The Labute approximate surface area is 237 Å². The predicted octanol–water partition coefficient (Wildman–Crippen LogP) is 4.40. The van der Waals surface area contributed by atoms with Crippen LogP contribution in [0.15, 0.2) is 48.5 Å². The maximum Gasteiger partial charge on any atom is 0.408 e. The molecule has 9 heteroatoms. The second-order valence-electron chi connectivity index (χ2n) is 11.8. The quantitative estimate of drug-likeness (QED) is 0.445. The van der Waals surface area contributed by atoms with Crippen molar-refractivity contribution in [3.63, 3.8) is 0 Å². The number of carbonyl (C=O) groups is 4. The van der Waals surface area contributed by atoms with Gasteiger partial charge in [-0.25, -0.2) is 4.79 Å². The Balaban J connectivity index is 2.63. The molecule has 218 valence electrons. The number of benzene rings is 2. The van der Waals surface area contributed by atoms with Crippen LogP contribution >= 0.6 is 0 Å². The largest absolute Gasteiger partial charge is 0.468 e. The molecule has 2 N–H and O–H groups in total. The highest BCUT2D eigenvalue weighted by Crippen LogP contribution is 2.32. The average Bonchev–Trinajstić information content (AvgIpc) is 2.84. The van der Waals surface area contributed by atoms with E-state index >= 15 is 0 Å². The number of hydrogen-bond acceptors (Lipinski definition) is 6. The van der Waals surface area contributed by atoms with Crippen LogP contribution in [-0.4, -0.2) is 59.6 Å². The molecule has 2 rings (SSSR count). The smallest absolute Gasteiger partial charge is 0.408 e. The fourth-order valence-electron chi connectivity index (χ4n) is 4.37. The molecule has 0 spiro atoms. The van der Waals surface area contributed by atoms with Crippen LogP contribution in [-0.2, 0) is 30.3 Å². The molecule has 0 bridgehead atoms. The normalized spacial score (nSPS) is 13.0. The van der Waals surface area contributed by atoms with E-state index in [1.807, 2.05) is 83.1 Å². The van der Waals surface area contributed by atoms with Crippen molar-refractivity contribution >= 4 is 23.9 Å². The molecule has 3 amide bonds. The first kappa shape index (κ1) is 32.3. The van der Waals surface area contributed by atoms with E-state index < -0.39 is 47.1 Å². The standard InChI is InChI=1S/C31H43N3O6/c1-20-15-16-23(21(2)17-20)26(27(36)32-19-25(35)39-9)34(30(3,4)5)28(37)24(18-22-13-11-10-12-14-22)33-29(38)40-31(6,7)8/h10-17,24,26H,18-19H2,1-9H3,(H,32,36)(H,33,38). The summed E-state index contributed by atoms with van der Waals surface area (Å²) >= 11 is 0. The third-order valence-corrected chi connectivity index (χ3v) is 6.09. The average molecular weight is 554 g/mol. The molecule has 0 aliphatic rings. The molecule has 0 heterocycles. The van der Waals surface area contributed by atoms with E-state index in [2.05, 4.69) is 10.6 Å². The van der Waals surface area contributed by atoms with Crippen molar-refractivity contribution in [1.82, 2.24) is 15.5 Å². The van der Waals surface area contributed by atoms with Gasteiger partial charge in [-0.1, -0.05) is 54.1 Å². The van der Waals surface area contributed by atoms with Crippen LogP contribution in [0, 0.1) is 13.8 Å². The highest BCUT2D eigenvalue weighted by molar-refractivity contribution is 5.94. The minimum Gasteiger partial charge on any atom is -0.468 e. The van der Waals surface area contributed by atoms with E-state index in [4.69, 9.17) is 9.47 Å². The number of esters is 1. The molecule has 0 aromatic heterocycles. The first-order chi connectivity index (χ1) is 18.5. The van der Waals surface area contributed by atoms with E-state index in [-0.39, 0.29) is 13.0 Å². The second-order valence-corrected chi connectivity index (χ2v) is 11.8. The van der Waals surface area contributed by atoms with E-state index in [1.165, 1.54) is 12.0 Å². The lowest BCUT2D eigenvalue weighted by Crippen LogP contribution is -2.59. The van der Waals surface area contributed by atoms with Gasteiger partial charge >= 0.3 is 12.1 Å². The molecule has 2 aromatic carbocycles. The van der Waals surface area contributed by atoms with E-state index in [0.29, 0.717) is 5.56 Å². The predicted molar refractivity (Wildman–Crippen MR) is 154 cm³/mol. The molecule has 2 aromatic rings. The molecule has 0 saturated heterocycles. The zero-order chi connectivity index (χ0) is 30.3. The number of nitrogens with one attached hydrogen (secondary N) is 2. The van der Waals surface area contributed by atoms with E-state index in [0.717, 1.165) is 16.7 Å². The van der Waals surface area contributed by atoms with Gasteiger partial charge in [0.05, 0.1) is 7.11 Å². The summed E-state index contributed by atoms with van der Waals surface area (Å²) in [7, 11) is 1.23. The summed E-state index contributed by atoms with van der Waals surface area (Å²) in [6.45, 7) is 14.1. The Morgan fingerprint density at radius 2 is 1.55 bits per heavy atom. The number of nitrogens with zero attached hydrogens (tertiary/aromatic N) is 1. The second kappa shape index (κ2) is 13.5. The van der Waals surface area contributed by atoms with Gasteiger partial charge in [0.2, 0.25) is 11.8 Å². The minimum absolute atomic E-state index is 0.175. The highest BCUT2D eigenvalue weighted by atomic mass is 16.6. The number of methoxy groups -OCH3 is 1. The zero-order valence-electron chi connectivity index (χ0n) is 25.1. The van der Waals surface area contributed by atoms with Crippen molar-refractivity contribution in [3.05, 3.63) is 70.8 Å². The molecular formula is C31H43N3O6. The molecule has 2 atom stereocenters. The van der Waals surface area contributed by atoms with Gasteiger partial charge in [0, 0.05) is 12.0 Å². The summed E-state index contributed by atoms with van der Waals surface area (Å²) in [5.41, 5.74) is 1.59. The fraction of sp³-hybridized carbons (Fsp3) is 0.484. The number of carbonyl (C=O) groups excluding carboxylic acids is 4. The van der Waals surface area contributed by atoms with E-state index in [9.17, 15) is 19.2 Å². The van der Waals surface area contributed by atoms with Crippen LogP contribution < -0.4 is 10.6 Å². The van der Waals surface area contributed by atoms with Crippen LogP contribution in [0.4, 0.5) is 4.79 Å². The third kappa shape index (κ3) is 9.39. The van der Waals surface area contributed by atoms with Crippen molar-refractivity contribution < 1.29 is 28.7 Å². The number of ether oxygens (including phenoxy) is 2. The number of rotatable bonds is 9. The maximum atomic E-state index is 14.5. The molecule has 2 unspecified atom stereocenters. The summed E-state index contributed by atoms with van der Waals surface area (Å²) in [5.74, 6) is -1.63. The molecular weight excluding hydrogens is 510 g/mol. The first-order valence-electron chi connectivity index (χ1n) is 13.3. The Morgan fingerprint density at radius 1 is 0.925 bits per heavy atom.